The number of aromatic amines is 1. The van der Waals surface area contributed by atoms with Gasteiger partial charge in [0.05, 0.1) is 11.9 Å². The van der Waals surface area contributed by atoms with Crippen LogP contribution in [0.1, 0.15) is 49.7 Å². The van der Waals surface area contributed by atoms with Crippen molar-refractivity contribution in [1.29, 1.82) is 0 Å². The van der Waals surface area contributed by atoms with Gasteiger partial charge in [-0.05, 0) is 67.6 Å². The molecule has 5 atom stereocenters. The van der Waals surface area contributed by atoms with E-state index < -0.39 is 18.1 Å². The number of Topliss-reactive ketones (excluding diaryl/α,β-unsaturated/α-hetero) is 1. The second-order valence-electron chi connectivity index (χ2n) is 11.2. The largest absolute Gasteiger partial charge is 0.351 e. The zero-order chi connectivity index (χ0) is 25.9. The maximum Gasteiger partial charge on any atom is 0.268 e. The Morgan fingerprint density at radius 3 is 2.56 bits per heavy atom. The summed E-state index contributed by atoms with van der Waals surface area (Å²) in [4.78, 5) is 57.1. The fraction of sp³-hybridized carbons (Fsp3) is 0.556. The fourth-order valence-electron chi connectivity index (χ4n) is 5.95. The predicted octanol–water partition coefficient (Wildman–Crippen LogP) is 2.78. The number of aryl methyl sites for hydroxylation is 1. The minimum atomic E-state index is -0.725. The van der Waals surface area contributed by atoms with Crippen LogP contribution in [0, 0.1) is 30.1 Å². The summed E-state index contributed by atoms with van der Waals surface area (Å²) in [5, 5.41) is 6.70. The molecule has 2 saturated carbocycles. The Bertz CT molecular complexity index is 1250. The molecule has 2 aliphatic carbocycles. The summed E-state index contributed by atoms with van der Waals surface area (Å²) in [6, 6.07) is 5.56. The highest BCUT2D eigenvalue weighted by molar-refractivity contribution is 6.28. The Morgan fingerprint density at radius 2 is 1.92 bits per heavy atom. The van der Waals surface area contributed by atoms with Crippen molar-refractivity contribution in [3.8, 4) is 0 Å². The smallest absolute Gasteiger partial charge is 0.268 e. The highest BCUT2D eigenvalue weighted by Crippen LogP contribution is 2.65. The first kappa shape index (κ1) is 24.8. The van der Waals surface area contributed by atoms with Crippen molar-refractivity contribution in [3.05, 3.63) is 35.5 Å². The van der Waals surface area contributed by atoms with E-state index in [0.717, 1.165) is 29.3 Å². The number of fused-ring (bicyclic) bond motifs is 2. The maximum absolute atomic E-state index is 13.8. The first-order chi connectivity index (χ1) is 17.0. The number of likely N-dealkylation sites (tertiary alicyclic amines) is 1. The van der Waals surface area contributed by atoms with Crippen LogP contribution >= 0.6 is 11.6 Å². The van der Waals surface area contributed by atoms with E-state index in [9.17, 15) is 19.2 Å². The summed E-state index contributed by atoms with van der Waals surface area (Å²) >= 11 is 5.66. The van der Waals surface area contributed by atoms with Crippen LogP contribution in [-0.4, -0.2) is 63.9 Å². The van der Waals surface area contributed by atoms with Crippen molar-refractivity contribution in [1.82, 2.24) is 20.5 Å². The standard InChI is InChI=1S/C27H33ClN4O4/c1-13-6-5-7-18-16(13)10-19(30-18)24(34)31-22(15-8-9-15)26(36)32-12-17-21(27(17,3)4)23(32)25(35)29-14(2)20(33)11-28/h5-7,10,14-15,17,21-23,30H,8-9,11-12H2,1-4H3,(H,29,35)(H,31,34)/t14-,17-,21-,22-,23-/m0/s1. The molecule has 36 heavy (non-hydrogen) atoms. The number of hydrogen-bond acceptors (Lipinski definition) is 4. The minimum Gasteiger partial charge on any atom is -0.351 e. The number of hydrogen-bond donors (Lipinski definition) is 3. The predicted molar refractivity (Wildman–Crippen MR) is 137 cm³/mol. The van der Waals surface area contributed by atoms with Crippen LogP contribution in [0.25, 0.3) is 10.9 Å². The fourth-order valence-corrected chi connectivity index (χ4v) is 6.18. The van der Waals surface area contributed by atoms with E-state index in [1.807, 2.05) is 31.2 Å². The van der Waals surface area contributed by atoms with E-state index in [-0.39, 0.29) is 52.6 Å². The molecule has 3 aliphatic rings. The third kappa shape index (κ3) is 4.19. The minimum absolute atomic E-state index is 0.0204. The monoisotopic (exact) mass is 512 g/mol. The summed E-state index contributed by atoms with van der Waals surface area (Å²) in [5.41, 5.74) is 2.28. The topological polar surface area (TPSA) is 111 Å². The third-order valence-corrected chi connectivity index (χ3v) is 8.77. The molecule has 0 spiro atoms. The van der Waals surface area contributed by atoms with Crippen molar-refractivity contribution >= 4 is 46.0 Å². The molecule has 0 bridgehead atoms. The summed E-state index contributed by atoms with van der Waals surface area (Å²) in [7, 11) is 0. The number of piperidine rings is 1. The molecule has 3 N–H and O–H groups in total. The molecule has 2 heterocycles. The average Bonchev–Trinajstić information content (AvgIpc) is 3.61. The van der Waals surface area contributed by atoms with Gasteiger partial charge in [0, 0.05) is 17.4 Å². The Hall–Kier alpha value is -2.87. The van der Waals surface area contributed by atoms with Crippen LogP contribution in [0.15, 0.2) is 24.3 Å². The van der Waals surface area contributed by atoms with Crippen LogP contribution in [0.2, 0.25) is 0 Å². The Labute approximate surface area is 215 Å². The van der Waals surface area contributed by atoms with Gasteiger partial charge in [-0.15, -0.1) is 11.6 Å². The number of benzene rings is 1. The number of rotatable bonds is 8. The van der Waals surface area contributed by atoms with E-state index in [2.05, 4.69) is 29.5 Å². The van der Waals surface area contributed by atoms with Gasteiger partial charge in [0.25, 0.3) is 5.91 Å². The Kier molecular flexibility index (Phi) is 6.14. The van der Waals surface area contributed by atoms with E-state index in [4.69, 9.17) is 11.6 Å². The normalized spacial score (nSPS) is 25.7. The van der Waals surface area contributed by atoms with Gasteiger partial charge in [0.2, 0.25) is 11.8 Å². The zero-order valence-corrected chi connectivity index (χ0v) is 21.8. The summed E-state index contributed by atoms with van der Waals surface area (Å²) in [5.74, 6) is -1.06. The van der Waals surface area contributed by atoms with Gasteiger partial charge in [0.15, 0.2) is 5.78 Å². The van der Waals surface area contributed by atoms with E-state index in [1.54, 1.807) is 11.8 Å². The number of aromatic nitrogens is 1. The van der Waals surface area contributed by atoms with Crippen LogP contribution in [0.5, 0.6) is 0 Å². The number of H-pyrrole nitrogens is 1. The summed E-state index contributed by atoms with van der Waals surface area (Å²) in [6.07, 6.45) is 1.71. The van der Waals surface area contributed by atoms with Crippen LogP contribution in [0.4, 0.5) is 0 Å². The quantitative estimate of drug-likeness (QED) is 0.472. The molecular formula is C27H33ClN4O4. The van der Waals surface area contributed by atoms with E-state index in [1.165, 1.54) is 0 Å². The van der Waals surface area contributed by atoms with Crippen LogP contribution < -0.4 is 10.6 Å². The number of nitrogens with one attached hydrogen (secondary N) is 3. The molecule has 2 aromatic rings. The maximum atomic E-state index is 13.8. The van der Waals surface area contributed by atoms with Crippen LogP contribution in [-0.2, 0) is 14.4 Å². The number of alkyl halides is 1. The molecule has 192 valence electrons. The molecule has 5 rings (SSSR count). The number of amides is 3. The number of carbonyl (C=O) groups is 4. The summed E-state index contributed by atoms with van der Waals surface area (Å²) in [6.45, 7) is 8.28. The molecule has 8 nitrogen and oxygen atoms in total. The zero-order valence-electron chi connectivity index (χ0n) is 21.1. The lowest BCUT2D eigenvalue weighted by Gasteiger charge is -2.33. The third-order valence-electron chi connectivity index (χ3n) is 8.51. The molecule has 1 aromatic carbocycles. The van der Waals surface area contributed by atoms with Gasteiger partial charge in [-0.2, -0.15) is 0 Å². The van der Waals surface area contributed by atoms with Crippen molar-refractivity contribution in [3.63, 3.8) is 0 Å². The van der Waals surface area contributed by atoms with Crippen molar-refractivity contribution in [2.75, 3.05) is 12.4 Å². The Balaban J connectivity index is 1.35. The number of carbonyl (C=O) groups excluding carboxylic acids is 4. The van der Waals surface area contributed by atoms with Crippen LogP contribution in [0.3, 0.4) is 0 Å². The second kappa shape index (κ2) is 8.91. The lowest BCUT2D eigenvalue weighted by Crippen LogP contribution is -2.57. The van der Waals surface area contributed by atoms with Crippen molar-refractivity contribution < 1.29 is 19.2 Å². The molecule has 1 saturated heterocycles. The number of halogens is 1. The average molecular weight is 513 g/mol. The lowest BCUT2D eigenvalue weighted by molar-refractivity contribution is -0.142. The Morgan fingerprint density at radius 1 is 1.19 bits per heavy atom. The molecule has 0 radical (unpaired) electrons. The molecule has 1 aliphatic heterocycles. The number of ketones is 1. The number of nitrogens with zero attached hydrogens (tertiary/aromatic N) is 1. The van der Waals surface area contributed by atoms with Gasteiger partial charge in [-0.25, -0.2) is 0 Å². The molecule has 1 aromatic heterocycles. The van der Waals surface area contributed by atoms with E-state index >= 15 is 0 Å². The van der Waals surface area contributed by atoms with Crippen molar-refractivity contribution in [2.45, 2.75) is 58.7 Å². The molecule has 3 fully saturated rings. The van der Waals surface area contributed by atoms with E-state index in [0.29, 0.717) is 12.2 Å². The lowest BCUT2D eigenvalue weighted by atomic mass is 9.98. The van der Waals surface area contributed by atoms with Gasteiger partial charge in [0.1, 0.15) is 17.8 Å². The summed E-state index contributed by atoms with van der Waals surface area (Å²) < 4.78 is 0. The van der Waals surface area contributed by atoms with Gasteiger partial charge >= 0.3 is 0 Å². The molecule has 3 amide bonds. The molecule has 0 unspecified atom stereocenters. The van der Waals surface area contributed by atoms with Gasteiger partial charge in [-0.1, -0.05) is 26.0 Å². The molecule has 9 heteroatoms. The second-order valence-corrected chi connectivity index (χ2v) is 11.5. The first-order valence-electron chi connectivity index (χ1n) is 12.6. The molecular weight excluding hydrogens is 480 g/mol. The highest BCUT2D eigenvalue weighted by Gasteiger charge is 2.69. The first-order valence-corrected chi connectivity index (χ1v) is 13.2. The van der Waals surface area contributed by atoms with Gasteiger partial charge < -0.3 is 20.5 Å². The van der Waals surface area contributed by atoms with Gasteiger partial charge in [-0.3, -0.25) is 19.2 Å². The SMILES string of the molecule is Cc1cccc2[nH]c(C(=O)N[C@H](C(=O)N3C[C@H]4[C@@H]([C@H]3C(=O)N[C@@H](C)C(=O)CCl)C4(C)C)C3CC3)cc12. The highest BCUT2D eigenvalue weighted by atomic mass is 35.5. The van der Waals surface area contributed by atoms with Crippen molar-refractivity contribution in [2.24, 2.45) is 23.2 Å².